The van der Waals surface area contributed by atoms with Crippen molar-refractivity contribution in [2.45, 2.75) is 6.54 Å². The average molecular weight is 308 g/mol. The summed E-state index contributed by atoms with van der Waals surface area (Å²) in [4.78, 5) is 11.1. The lowest BCUT2D eigenvalue weighted by Gasteiger charge is -2.27. The summed E-state index contributed by atoms with van der Waals surface area (Å²) >= 11 is 0. The molecule has 1 aliphatic rings. The van der Waals surface area contributed by atoms with Gasteiger partial charge in [-0.25, -0.2) is 9.97 Å². The minimum absolute atomic E-state index is 0.241. The van der Waals surface area contributed by atoms with E-state index in [9.17, 15) is 0 Å². The third-order valence-corrected chi connectivity index (χ3v) is 3.81. The van der Waals surface area contributed by atoms with Crippen LogP contribution in [0.4, 0.5) is 5.95 Å². The molecule has 4 rings (SSSR count). The molecule has 1 aliphatic heterocycles. The Morgan fingerprint density at radius 3 is 2.61 bits per heavy atom. The van der Waals surface area contributed by atoms with Gasteiger partial charge in [-0.3, -0.25) is 4.90 Å². The van der Waals surface area contributed by atoms with Crippen molar-refractivity contribution in [2.75, 3.05) is 19.3 Å². The Morgan fingerprint density at radius 2 is 1.87 bits per heavy atom. The van der Waals surface area contributed by atoms with Gasteiger partial charge in [0.2, 0.25) is 5.95 Å². The molecule has 2 N–H and O–H groups in total. The molecule has 0 aliphatic carbocycles. The van der Waals surface area contributed by atoms with Crippen molar-refractivity contribution in [1.29, 1.82) is 0 Å². The standard InChI is InChI=1S/C17H16N4O2/c1-21-9-11(8-12-4-2-6-22-12)15-13(10-21)16(20-17(18)19-15)14-5-3-7-23-14/h2-8H,9-10H2,1H3,(H2,18,19,20)/b11-8+. The van der Waals surface area contributed by atoms with E-state index in [1.807, 2.05) is 30.3 Å². The van der Waals surface area contributed by atoms with E-state index >= 15 is 0 Å². The first-order valence-corrected chi connectivity index (χ1v) is 7.34. The van der Waals surface area contributed by atoms with Crippen molar-refractivity contribution in [3.8, 4) is 11.5 Å². The van der Waals surface area contributed by atoms with Crippen molar-refractivity contribution in [3.63, 3.8) is 0 Å². The number of hydrogen-bond acceptors (Lipinski definition) is 6. The van der Waals surface area contributed by atoms with Crippen LogP contribution in [-0.2, 0) is 6.54 Å². The van der Waals surface area contributed by atoms with Gasteiger partial charge in [-0.05, 0) is 43.0 Å². The molecule has 116 valence electrons. The Kier molecular flexibility index (Phi) is 3.24. The second-order valence-electron chi connectivity index (χ2n) is 5.59. The summed E-state index contributed by atoms with van der Waals surface area (Å²) in [6.45, 7) is 1.50. The molecule has 23 heavy (non-hydrogen) atoms. The first-order chi connectivity index (χ1) is 11.2. The van der Waals surface area contributed by atoms with Gasteiger partial charge in [0, 0.05) is 18.7 Å². The van der Waals surface area contributed by atoms with Crippen molar-refractivity contribution < 1.29 is 8.83 Å². The summed E-state index contributed by atoms with van der Waals surface area (Å²) in [5, 5.41) is 0. The Balaban J connectivity index is 1.91. The molecule has 6 nitrogen and oxygen atoms in total. The minimum atomic E-state index is 0.241. The number of likely N-dealkylation sites (N-methyl/N-ethyl adjacent to an activating group) is 1. The third kappa shape index (κ3) is 2.53. The van der Waals surface area contributed by atoms with E-state index in [1.165, 1.54) is 0 Å². The predicted octanol–water partition coefficient (Wildman–Crippen LogP) is 2.90. The van der Waals surface area contributed by atoms with Gasteiger partial charge in [-0.2, -0.15) is 0 Å². The smallest absolute Gasteiger partial charge is 0.221 e. The molecule has 0 unspecified atom stereocenters. The molecule has 0 aromatic carbocycles. The number of nitrogens with two attached hydrogens (primary N) is 1. The highest BCUT2D eigenvalue weighted by molar-refractivity contribution is 5.84. The van der Waals surface area contributed by atoms with Gasteiger partial charge in [-0.15, -0.1) is 0 Å². The van der Waals surface area contributed by atoms with Crippen LogP contribution in [0.15, 0.2) is 45.6 Å². The van der Waals surface area contributed by atoms with Crippen LogP contribution in [0.5, 0.6) is 0 Å². The van der Waals surface area contributed by atoms with E-state index in [1.54, 1.807) is 12.5 Å². The topological polar surface area (TPSA) is 81.3 Å². The Bertz CT molecular complexity index is 851. The number of rotatable bonds is 2. The zero-order valence-electron chi connectivity index (χ0n) is 12.7. The quantitative estimate of drug-likeness (QED) is 0.784. The molecule has 0 radical (unpaired) electrons. The maximum atomic E-state index is 5.93. The van der Waals surface area contributed by atoms with Crippen molar-refractivity contribution >= 4 is 17.6 Å². The molecule has 0 amide bonds. The number of furan rings is 2. The fourth-order valence-electron chi connectivity index (χ4n) is 2.88. The maximum absolute atomic E-state index is 5.93. The number of nitrogens with zero attached hydrogens (tertiary/aromatic N) is 3. The number of anilines is 1. The summed E-state index contributed by atoms with van der Waals surface area (Å²) in [7, 11) is 2.06. The van der Waals surface area contributed by atoms with Crippen LogP contribution in [0.1, 0.15) is 17.0 Å². The molecule has 0 saturated carbocycles. The van der Waals surface area contributed by atoms with Crippen LogP contribution in [0.3, 0.4) is 0 Å². The number of fused-ring (bicyclic) bond motifs is 1. The lowest BCUT2D eigenvalue weighted by molar-refractivity contribution is 0.357. The predicted molar refractivity (Wildman–Crippen MR) is 87.1 cm³/mol. The van der Waals surface area contributed by atoms with Crippen LogP contribution in [-0.4, -0.2) is 28.5 Å². The van der Waals surface area contributed by atoms with E-state index in [0.29, 0.717) is 5.76 Å². The summed E-state index contributed by atoms with van der Waals surface area (Å²) in [5.74, 6) is 1.73. The maximum Gasteiger partial charge on any atom is 0.221 e. The van der Waals surface area contributed by atoms with Gasteiger partial charge in [0.05, 0.1) is 18.2 Å². The second-order valence-corrected chi connectivity index (χ2v) is 5.59. The van der Waals surface area contributed by atoms with Crippen LogP contribution in [0, 0.1) is 0 Å². The molecule has 4 heterocycles. The lowest BCUT2D eigenvalue weighted by atomic mass is 9.97. The van der Waals surface area contributed by atoms with Gasteiger partial charge in [0.15, 0.2) is 5.76 Å². The number of nitrogen functional groups attached to an aromatic ring is 1. The largest absolute Gasteiger partial charge is 0.465 e. The highest BCUT2D eigenvalue weighted by Crippen LogP contribution is 2.33. The van der Waals surface area contributed by atoms with Crippen LogP contribution < -0.4 is 5.73 Å². The first kappa shape index (κ1) is 13.8. The highest BCUT2D eigenvalue weighted by Gasteiger charge is 2.25. The van der Waals surface area contributed by atoms with Gasteiger partial charge >= 0.3 is 0 Å². The Labute approximate surface area is 133 Å². The number of aromatic nitrogens is 2. The molecule has 0 fully saturated rings. The summed E-state index contributed by atoms with van der Waals surface area (Å²) in [5.41, 5.74) is 9.60. The minimum Gasteiger partial charge on any atom is -0.465 e. The van der Waals surface area contributed by atoms with Crippen molar-refractivity contribution in [3.05, 3.63) is 53.8 Å². The van der Waals surface area contributed by atoms with Crippen LogP contribution in [0.2, 0.25) is 0 Å². The highest BCUT2D eigenvalue weighted by atomic mass is 16.3. The Morgan fingerprint density at radius 1 is 1.09 bits per heavy atom. The van der Waals surface area contributed by atoms with E-state index in [4.69, 9.17) is 14.6 Å². The summed E-state index contributed by atoms with van der Waals surface area (Å²) in [6.07, 6.45) is 5.28. The summed E-state index contributed by atoms with van der Waals surface area (Å²) < 4.78 is 10.9. The molecular formula is C17H16N4O2. The fourth-order valence-corrected chi connectivity index (χ4v) is 2.88. The average Bonchev–Trinajstić information content (AvgIpc) is 3.20. The van der Waals surface area contributed by atoms with E-state index < -0.39 is 0 Å². The third-order valence-electron chi connectivity index (χ3n) is 3.81. The fraction of sp³-hybridized carbons (Fsp3) is 0.176. The molecule has 3 aromatic heterocycles. The van der Waals surface area contributed by atoms with Crippen molar-refractivity contribution in [1.82, 2.24) is 14.9 Å². The zero-order chi connectivity index (χ0) is 15.8. The molecule has 0 bridgehead atoms. The van der Waals surface area contributed by atoms with Gasteiger partial charge in [0.1, 0.15) is 11.5 Å². The van der Waals surface area contributed by atoms with E-state index in [2.05, 4.69) is 21.9 Å². The molecule has 3 aromatic rings. The molecule has 0 spiro atoms. The lowest BCUT2D eigenvalue weighted by Crippen LogP contribution is -2.28. The Hall–Kier alpha value is -2.86. The monoisotopic (exact) mass is 308 g/mol. The summed E-state index contributed by atoms with van der Waals surface area (Å²) in [6, 6.07) is 7.50. The zero-order valence-corrected chi connectivity index (χ0v) is 12.7. The molecule has 0 atom stereocenters. The molecular weight excluding hydrogens is 292 g/mol. The molecule has 6 heteroatoms. The first-order valence-electron chi connectivity index (χ1n) is 7.34. The second kappa shape index (κ2) is 5.40. The van der Waals surface area contributed by atoms with Gasteiger partial charge < -0.3 is 14.6 Å². The SMILES string of the molecule is CN1C/C(=C\c2ccco2)c2nc(N)nc(-c3ccco3)c2C1. The number of hydrogen-bond donors (Lipinski definition) is 1. The van der Waals surface area contributed by atoms with Crippen LogP contribution >= 0.6 is 0 Å². The van der Waals surface area contributed by atoms with E-state index in [0.717, 1.165) is 41.4 Å². The van der Waals surface area contributed by atoms with Crippen LogP contribution in [0.25, 0.3) is 23.1 Å². The normalized spacial score (nSPS) is 16.7. The van der Waals surface area contributed by atoms with Gasteiger partial charge in [-0.1, -0.05) is 0 Å². The van der Waals surface area contributed by atoms with E-state index in [-0.39, 0.29) is 5.95 Å². The molecule has 0 saturated heterocycles. The van der Waals surface area contributed by atoms with Crippen molar-refractivity contribution in [2.24, 2.45) is 0 Å². The van der Waals surface area contributed by atoms with Gasteiger partial charge in [0.25, 0.3) is 0 Å².